The number of carbonyl (C=O) groups is 1. The molecule has 0 radical (unpaired) electrons. The van der Waals surface area contributed by atoms with Crippen molar-refractivity contribution in [1.82, 2.24) is 5.43 Å². The zero-order valence-corrected chi connectivity index (χ0v) is 21.3. The van der Waals surface area contributed by atoms with Crippen molar-refractivity contribution in [3.8, 4) is 17.2 Å². The van der Waals surface area contributed by atoms with Crippen molar-refractivity contribution >= 4 is 38.8 Å². The van der Waals surface area contributed by atoms with Gasteiger partial charge in [0.15, 0.2) is 11.5 Å². The highest BCUT2D eigenvalue weighted by atomic mass is 79.9. The number of hydrazone groups is 1. The van der Waals surface area contributed by atoms with Gasteiger partial charge in [-0.2, -0.15) is 5.10 Å². The van der Waals surface area contributed by atoms with Crippen molar-refractivity contribution in [2.24, 2.45) is 5.10 Å². The van der Waals surface area contributed by atoms with E-state index in [4.69, 9.17) is 14.2 Å². The Morgan fingerprint density at radius 2 is 1.66 bits per heavy atom. The molecule has 0 bridgehead atoms. The second kappa shape index (κ2) is 11.1. The molecule has 7 heteroatoms. The average molecular weight is 533 g/mol. The Hall–Kier alpha value is -3.84. The van der Waals surface area contributed by atoms with E-state index in [0.717, 1.165) is 26.4 Å². The van der Waals surface area contributed by atoms with Gasteiger partial charge in [0.2, 0.25) is 0 Å². The number of nitrogens with one attached hydrogen (secondary N) is 1. The summed E-state index contributed by atoms with van der Waals surface area (Å²) in [5, 5.41) is 6.07. The normalized spacial score (nSPS) is 11.0. The Morgan fingerprint density at radius 1 is 0.914 bits per heavy atom. The Kier molecular flexibility index (Phi) is 7.67. The molecule has 1 N–H and O–H groups in total. The third-order valence-corrected chi connectivity index (χ3v) is 6.13. The third-order valence-electron chi connectivity index (χ3n) is 5.44. The molecule has 35 heavy (non-hydrogen) atoms. The minimum absolute atomic E-state index is 0.370. The number of aryl methyl sites for hydroxylation is 1. The second-order valence-corrected chi connectivity index (χ2v) is 8.76. The molecule has 0 aliphatic rings. The van der Waals surface area contributed by atoms with Gasteiger partial charge in [-0.25, -0.2) is 5.43 Å². The molecule has 0 saturated heterocycles. The standard InChI is InChI=1S/C28H25BrN2O4/c1-18-7-6-8-19(11-18)17-35-27-15-24(29)22(14-26(27)34-3)16-30-31-28(32)23-12-20-9-4-5-10-21(20)13-25(23)33-2/h4-16H,17H2,1-3H3,(H,31,32)/b30-16-. The fourth-order valence-corrected chi connectivity index (χ4v) is 4.10. The van der Waals surface area contributed by atoms with Crippen molar-refractivity contribution in [2.45, 2.75) is 13.5 Å². The van der Waals surface area contributed by atoms with E-state index in [0.29, 0.717) is 29.4 Å². The first-order chi connectivity index (χ1) is 17.0. The molecule has 0 aliphatic carbocycles. The van der Waals surface area contributed by atoms with Gasteiger partial charge < -0.3 is 14.2 Å². The number of hydrogen-bond acceptors (Lipinski definition) is 5. The quantitative estimate of drug-likeness (QED) is 0.214. The monoisotopic (exact) mass is 532 g/mol. The number of hydrogen-bond donors (Lipinski definition) is 1. The van der Waals surface area contributed by atoms with Gasteiger partial charge in [-0.3, -0.25) is 4.79 Å². The van der Waals surface area contributed by atoms with Crippen LogP contribution in [0.3, 0.4) is 0 Å². The summed E-state index contributed by atoms with van der Waals surface area (Å²) < 4.78 is 17.7. The molecule has 0 saturated carbocycles. The van der Waals surface area contributed by atoms with E-state index in [2.05, 4.69) is 32.5 Å². The highest BCUT2D eigenvalue weighted by molar-refractivity contribution is 9.10. The van der Waals surface area contributed by atoms with Gasteiger partial charge in [0.25, 0.3) is 5.91 Å². The summed E-state index contributed by atoms with van der Waals surface area (Å²) >= 11 is 3.55. The molecular formula is C28H25BrN2O4. The van der Waals surface area contributed by atoms with Crippen LogP contribution in [0.5, 0.6) is 17.2 Å². The summed E-state index contributed by atoms with van der Waals surface area (Å²) in [7, 11) is 3.12. The summed E-state index contributed by atoms with van der Waals surface area (Å²) in [5.41, 5.74) is 5.94. The van der Waals surface area contributed by atoms with Gasteiger partial charge in [-0.05, 0) is 63.5 Å². The van der Waals surface area contributed by atoms with Crippen molar-refractivity contribution < 1.29 is 19.0 Å². The maximum Gasteiger partial charge on any atom is 0.275 e. The number of methoxy groups -OCH3 is 2. The summed E-state index contributed by atoms with van der Waals surface area (Å²) in [4.78, 5) is 12.8. The number of fused-ring (bicyclic) bond motifs is 1. The van der Waals surface area contributed by atoms with Gasteiger partial charge in [0, 0.05) is 10.0 Å². The van der Waals surface area contributed by atoms with Gasteiger partial charge in [-0.15, -0.1) is 0 Å². The molecule has 1 amide bonds. The van der Waals surface area contributed by atoms with Crippen LogP contribution in [0.15, 0.2) is 82.4 Å². The first-order valence-electron chi connectivity index (χ1n) is 10.9. The van der Waals surface area contributed by atoms with Crippen molar-refractivity contribution in [3.05, 3.63) is 99.5 Å². The van der Waals surface area contributed by atoms with E-state index in [1.54, 1.807) is 25.5 Å². The van der Waals surface area contributed by atoms with Crippen molar-refractivity contribution in [3.63, 3.8) is 0 Å². The fraction of sp³-hybridized carbons (Fsp3) is 0.143. The SMILES string of the molecule is COc1cc(/C=N\NC(=O)c2cc3ccccc3cc2OC)c(Br)cc1OCc1cccc(C)c1. The summed E-state index contributed by atoms with van der Waals surface area (Å²) in [6.45, 7) is 2.46. The van der Waals surface area contributed by atoms with E-state index < -0.39 is 0 Å². The van der Waals surface area contributed by atoms with E-state index in [1.165, 1.54) is 12.7 Å². The van der Waals surface area contributed by atoms with E-state index >= 15 is 0 Å². The first kappa shape index (κ1) is 24.3. The van der Waals surface area contributed by atoms with Gasteiger partial charge in [-0.1, -0.05) is 54.1 Å². The number of rotatable bonds is 8. The van der Waals surface area contributed by atoms with Gasteiger partial charge >= 0.3 is 0 Å². The molecule has 0 spiro atoms. The lowest BCUT2D eigenvalue weighted by Crippen LogP contribution is -2.18. The zero-order chi connectivity index (χ0) is 24.8. The number of benzene rings is 4. The van der Waals surface area contributed by atoms with Crippen LogP contribution >= 0.6 is 15.9 Å². The lowest BCUT2D eigenvalue weighted by Gasteiger charge is -2.13. The molecule has 4 rings (SSSR count). The van der Waals surface area contributed by atoms with Crippen LogP contribution in [-0.2, 0) is 6.61 Å². The van der Waals surface area contributed by atoms with Crippen LogP contribution < -0.4 is 19.6 Å². The number of halogens is 1. The predicted octanol–water partition coefficient (Wildman–Crippen LogP) is 6.27. The predicted molar refractivity (Wildman–Crippen MR) is 142 cm³/mol. The van der Waals surface area contributed by atoms with E-state index in [-0.39, 0.29) is 5.91 Å². The van der Waals surface area contributed by atoms with Gasteiger partial charge in [0.1, 0.15) is 12.4 Å². The molecule has 0 aliphatic heterocycles. The van der Waals surface area contributed by atoms with Crippen LogP contribution in [-0.4, -0.2) is 26.3 Å². The summed E-state index contributed by atoms with van der Waals surface area (Å²) in [6, 6.07) is 23.2. The maximum absolute atomic E-state index is 12.8. The molecule has 0 atom stereocenters. The van der Waals surface area contributed by atoms with Crippen LogP contribution in [0.1, 0.15) is 27.0 Å². The number of nitrogens with zero attached hydrogens (tertiary/aromatic N) is 1. The summed E-state index contributed by atoms with van der Waals surface area (Å²) in [5.74, 6) is 1.27. The minimum Gasteiger partial charge on any atom is -0.496 e. The zero-order valence-electron chi connectivity index (χ0n) is 19.7. The Bertz CT molecular complexity index is 1400. The highest BCUT2D eigenvalue weighted by Gasteiger charge is 2.14. The smallest absolute Gasteiger partial charge is 0.275 e. The molecule has 178 valence electrons. The van der Waals surface area contributed by atoms with Crippen LogP contribution in [0.25, 0.3) is 10.8 Å². The first-order valence-corrected chi connectivity index (χ1v) is 11.7. The lowest BCUT2D eigenvalue weighted by molar-refractivity contribution is 0.0952. The molecule has 4 aromatic rings. The second-order valence-electron chi connectivity index (χ2n) is 7.90. The topological polar surface area (TPSA) is 69.2 Å². The number of carbonyl (C=O) groups excluding carboxylic acids is 1. The Balaban J connectivity index is 1.49. The Morgan fingerprint density at radius 3 is 2.37 bits per heavy atom. The molecule has 4 aromatic carbocycles. The molecular weight excluding hydrogens is 508 g/mol. The van der Waals surface area contributed by atoms with E-state index in [9.17, 15) is 4.79 Å². The van der Waals surface area contributed by atoms with E-state index in [1.807, 2.05) is 61.5 Å². The molecule has 0 aromatic heterocycles. The Labute approximate surface area is 212 Å². The number of ether oxygens (including phenoxy) is 3. The van der Waals surface area contributed by atoms with Crippen LogP contribution in [0, 0.1) is 6.92 Å². The number of amides is 1. The largest absolute Gasteiger partial charge is 0.496 e. The van der Waals surface area contributed by atoms with Gasteiger partial charge in [0.05, 0.1) is 26.0 Å². The maximum atomic E-state index is 12.8. The lowest BCUT2D eigenvalue weighted by atomic mass is 10.1. The molecule has 0 heterocycles. The minimum atomic E-state index is -0.370. The van der Waals surface area contributed by atoms with Crippen molar-refractivity contribution in [1.29, 1.82) is 0 Å². The average Bonchev–Trinajstić information content (AvgIpc) is 2.87. The van der Waals surface area contributed by atoms with Crippen LogP contribution in [0.4, 0.5) is 0 Å². The highest BCUT2D eigenvalue weighted by Crippen LogP contribution is 2.33. The molecule has 0 fully saturated rings. The summed E-state index contributed by atoms with van der Waals surface area (Å²) in [6.07, 6.45) is 1.54. The molecule has 6 nitrogen and oxygen atoms in total. The molecule has 0 unspecified atom stereocenters. The van der Waals surface area contributed by atoms with Crippen molar-refractivity contribution in [2.75, 3.05) is 14.2 Å². The fourth-order valence-electron chi connectivity index (χ4n) is 3.67. The third kappa shape index (κ3) is 5.81. The van der Waals surface area contributed by atoms with Crippen LogP contribution in [0.2, 0.25) is 0 Å².